The van der Waals surface area contributed by atoms with E-state index < -0.39 is 21.6 Å². The molecule has 1 unspecified atom stereocenters. The van der Waals surface area contributed by atoms with Gasteiger partial charge in [-0.25, -0.2) is 8.42 Å². The Balaban J connectivity index is 4.61. The topological polar surface area (TPSA) is 63.2 Å². The Morgan fingerprint density at radius 1 is 1.46 bits per heavy atom. The van der Waals surface area contributed by atoms with Gasteiger partial charge in [0.2, 0.25) is 6.29 Å². The van der Waals surface area contributed by atoms with Gasteiger partial charge in [0.1, 0.15) is 0 Å². The molecule has 0 aliphatic rings. The van der Waals surface area contributed by atoms with Crippen molar-refractivity contribution in [2.24, 2.45) is 0 Å². The van der Waals surface area contributed by atoms with E-state index in [2.05, 4.69) is 0 Å². The first-order chi connectivity index (χ1) is 5.74. The second kappa shape index (κ2) is 4.05. The SMILES string of the molecule is CCC([C]=O)NS(=O)(=O)C(F)(F)F. The van der Waals surface area contributed by atoms with Crippen molar-refractivity contribution < 1.29 is 26.4 Å². The molecule has 0 aromatic heterocycles. The van der Waals surface area contributed by atoms with E-state index >= 15 is 0 Å². The third-order valence-electron chi connectivity index (χ3n) is 1.15. The predicted octanol–water partition coefficient (Wildman–Crippen LogP) is 0.314. The molecule has 0 fully saturated rings. The second-order valence-corrected chi connectivity index (χ2v) is 3.85. The molecule has 0 aromatic rings. The molecule has 0 bridgehead atoms. The minimum absolute atomic E-state index is 0.0845. The van der Waals surface area contributed by atoms with Crippen LogP contribution in [0.25, 0.3) is 0 Å². The summed E-state index contributed by atoms with van der Waals surface area (Å²) in [5.41, 5.74) is -5.39. The van der Waals surface area contributed by atoms with E-state index in [9.17, 15) is 26.4 Å². The fourth-order valence-corrected chi connectivity index (χ4v) is 1.17. The van der Waals surface area contributed by atoms with Gasteiger partial charge < -0.3 is 0 Å². The first-order valence-corrected chi connectivity index (χ1v) is 4.69. The molecule has 0 spiro atoms. The molecular formula is C5H7F3NO3S. The van der Waals surface area contributed by atoms with Crippen molar-refractivity contribution in [3.05, 3.63) is 0 Å². The number of sulfonamides is 1. The molecule has 1 N–H and O–H groups in total. The van der Waals surface area contributed by atoms with Crippen LogP contribution < -0.4 is 4.72 Å². The van der Waals surface area contributed by atoms with E-state index in [1.165, 1.54) is 6.92 Å². The molecule has 0 aliphatic carbocycles. The summed E-state index contributed by atoms with van der Waals surface area (Å²) in [7, 11) is -5.43. The minimum Gasteiger partial charge on any atom is -0.289 e. The lowest BCUT2D eigenvalue weighted by Gasteiger charge is -2.12. The highest BCUT2D eigenvalue weighted by Gasteiger charge is 2.46. The molecule has 1 atom stereocenters. The van der Waals surface area contributed by atoms with Crippen LogP contribution in [0.2, 0.25) is 0 Å². The van der Waals surface area contributed by atoms with Gasteiger partial charge in [0.25, 0.3) is 0 Å². The Morgan fingerprint density at radius 3 is 2.15 bits per heavy atom. The van der Waals surface area contributed by atoms with E-state index in [0.717, 1.165) is 11.0 Å². The number of rotatable bonds is 4. The average Bonchev–Trinajstić information content (AvgIpc) is 1.98. The Kier molecular flexibility index (Phi) is 3.86. The fourth-order valence-electron chi connectivity index (χ4n) is 0.445. The molecule has 0 saturated carbocycles. The molecule has 0 amide bonds. The van der Waals surface area contributed by atoms with Crippen LogP contribution in [0.15, 0.2) is 0 Å². The Labute approximate surface area is 73.2 Å². The minimum atomic E-state index is -5.43. The second-order valence-electron chi connectivity index (χ2n) is 2.15. The highest BCUT2D eigenvalue weighted by Crippen LogP contribution is 2.21. The summed E-state index contributed by atoms with van der Waals surface area (Å²) in [6, 6.07) is -1.45. The van der Waals surface area contributed by atoms with Crippen molar-refractivity contribution in [1.82, 2.24) is 4.72 Å². The van der Waals surface area contributed by atoms with Crippen LogP contribution in [0, 0.1) is 0 Å². The summed E-state index contributed by atoms with van der Waals surface area (Å²) in [5.74, 6) is 0. The van der Waals surface area contributed by atoms with Crippen LogP contribution in [0.3, 0.4) is 0 Å². The molecule has 77 valence electrons. The average molecular weight is 218 g/mol. The third kappa shape index (κ3) is 3.31. The standard InChI is InChI=1S/C5H7F3NO3S/c1-2-4(3-10)9-13(11,12)5(6,7)8/h4,9H,2H2,1H3. The van der Waals surface area contributed by atoms with Crippen molar-refractivity contribution >= 4 is 16.3 Å². The molecule has 8 heteroatoms. The van der Waals surface area contributed by atoms with Crippen molar-refractivity contribution in [2.75, 3.05) is 0 Å². The molecule has 0 saturated heterocycles. The van der Waals surface area contributed by atoms with Crippen LogP contribution in [-0.4, -0.2) is 26.3 Å². The first kappa shape index (κ1) is 12.4. The van der Waals surface area contributed by atoms with E-state index in [1.54, 1.807) is 0 Å². The Bertz CT molecular complexity index is 271. The smallest absolute Gasteiger partial charge is 0.289 e. The number of hydrogen-bond donors (Lipinski definition) is 1. The van der Waals surface area contributed by atoms with Gasteiger partial charge in [-0.3, -0.25) is 4.79 Å². The normalized spacial score (nSPS) is 15.4. The molecular weight excluding hydrogens is 211 g/mol. The zero-order valence-corrected chi connectivity index (χ0v) is 7.37. The number of alkyl halides is 3. The maximum Gasteiger partial charge on any atom is 0.511 e. The van der Waals surface area contributed by atoms with Gasteiger partial charge in [0, 0.05) is 0 Å². The third-order valence-corrected chi connectivity index (χ3v) is 2.36. The Morgan fingerprint density at radius 2 is 1.92 bits per heavy atom. The number of nitrogens with one attached hydrogen (secondary N) is 1. The quantitative estimate of drug-likeness (QED) is 0.738. The Hall–Kier alpha value is -0.630. The summed E-state index contributed by atoms with van der Waals surface area (Å²) in [6.07, 6.45) is 1.06. The van der Waals surface area contributed by atoms with E-state index in [-0.39, 0.29) is 6.42 Å². The van der Waals surface area contributed by atoms with Crippen LogP contribution >= 0.6 is 0 Å². The monoisotopic (exact) mass is 218 g/mol. The van der Waals surface area contributed by atoms with Crippen LogP contribution in [-0.2, 0) is 14.8 Å². The van der Waals surface area contributed by atoms with Crippen molar-refractivity contribution in [2.45, 2.75) is 24.9 Å². The molecule has 0 aliphatic heterocycles. The summed E-state index contributed by atoms with van der Waals surface area (Å²) in [4.78, 5) is 9.92. The molecule has 0 aromatic carbocycles. The summed E-state index contributed by atoms with van der Waals surface area (Å²) in [5, 5.41) is 0. The lowest BCUT2D eigenvalue weighted by atomic mass is 10.3. The van der Waals surface area contributed by atoms with Gasteiger partial charge in [-0.05, 0) is 6.42 Å². The van der Waals surface area contributed by atoms with Crippen LogP contribution in [0.5, 0.6) is 0 Å². The van der Waals surface area contributed by atoms with Crippen molar-refractivity contribution in [1.29, 1.82) is 0 Å². The van der Waals surface area contributed by atoms with E-state index in [1.807, 2.05) is 0 Å². The maximum absolute atomic E-state index is 11.7. The fraction of sp³-hybridized carbons (Fsp3) is 0.800. The van der Waals surface area contributed by atoms with Crippen molar-refractivity contribution in [3.63, 3.8) is 0 Å². The zero-order valence-electron chi connectivity index (χ0n) is 6.55. The van der Waals surface area contributed by atoms with Gasteiger partial charge in [-0.2, -0.15) is 17.9 Å². The summed E-state index contributed by atoms with van der Waals surface area (Å²) >= 11 is 0. The first-order valence-electron chi connectivity index (χ1n) is 3.21. The predicted molar refractivity (Wildman–Crippen MR) is 37.9 cm³/mol. The number of halogens is 3. The highest BCUT2D eigenvalue weighted by atomic mass is 32.2. The largest absolute Gasteiger partial charge is 0.511 e. The molecule has 13 heavy (non-hydrogen) atoms. The number of carbonyl (C=O) groups excluding carboxylic acids is 1. The van der Waals surface area contributed by atoms with Crippen molar-refractivity contribution in [3.8, 4) is 0 Å². The van der Waals surface area contributed by atoms with Crippen LogP contribution in [0.1, 0.15) is 13.3 Å². The summed E-state index contributed by atoms with van der Waals surface area (Å²) < 4.78 is 56.9. The van der Waals surface area contributed by atoms with E-state index in [0.29, 0.717) is 0 Å². The van der Waals surface area contributed by atoms with Gasteiger partial charge in [-0.15, -0.1) is 0 Å². The molecule has 1 radical (unpaired) electrons. The van der Waals surface area contributed by atoms with Gasteiger partial charge in [-0.1, -0.05) is 6.92 Å². The maximum atomic E-state index is 11.7. The lowest BCUT2D eigenvalue weighted by Crippen LogP contribution is -2.43. The highest BCUT2D eigenvalue weighted by molar-refractivity contribution is 7.90. The summed E-state index contributed by atoms with van der Waals surface area (Å²) in [6.45, 7) is 1.36. The van der Waals surface area contributed by atoms with Crippen LogP contribution in [0.4, 0.5) is 13.2 Å². The number of hydrogen-bond acceptors (Lipinski definition) is 3. The van der Waals surface area contributed by atoms with Gasteiger partial charge in [0.15, 0.2) is 0 Å². The molecule has 0 heterocycles. The molecule has 0 rings (SSSR count). The van der Waals surface area contributed by atoms with Gasteiger partial charge >= 0.3 is 15.5 Å². The van der Waals surface area contributed by atoms with E-state index in [4.69, 9.17) is 0 Å². The zero-order chi connectivity index (χ0) is 10.7. The van der Waals surface area contributed by atoms with Gasteiger partial charge in [0.05, 0.1) is 6.04 Å². The lowest BCUT2D eigenvalue weighted by molar-refractivity contribution is -0.0449. The molecule has 4 nitrogen and oxygen atoms in total.